The Kier molecular flexibility index (Phi) is 3.06. The number of thiophene rings is 1. The molecule has 0 atom stereocenters. The predicted molar refractivity (Wildman–Crippen MR) is 85.0 cm³/mol. The first-order chi connectivity index (χ1) is 8.94. The van der Waals surface area contributed by atoms with E-state index in [1.807, 2.05) is 23.5 Å². The Labute approximate surface area is 126 Å². The number of hydrogen-bond donors (Lipinski definition) is 0. The van der Waals surface area contributed by atoms with Crippen molar-refractivity contribution in [3.8, 4) is 5.75 Å². The smallest absolute Gasteiger partial charge is 0.128 e. The van der Waals surface area contributed by atoms with E-state index in [-0.39, 0.29) is 5.60 Å². The minimum absolute atomic E-state index is 0.270. The van der Waals surface area contributed by atoms with E-state index in [2.05, 4.69) is 61.0 Å². The summed E-state index contributed by atoms with van der Waals surface area (Å²) in [6.07, 6.45) is 2.22. The molecule has 0 radical (unpaired) electrons. The minimum Gasteiger partial charge on any atom is -0.483 e. The van der Waals surface area contributed by atoms with Crippen LogP contribution in [0.25, 0.3) is 5.57 Å². The molecule has 1 aliphatic rings. The van der Waals surface area contributed by atoms with Crippen LogP contribution >= 0.6 is 27.3 Å². The SMILES string of the molecule is Cc1ccc(C2=CC(C)(C)Oc3ccc(Br)cc32)s1. The van der Waals surface area contributed by atoms with Crippen LogP contribution in [0.1, 0.15) is 29.2 Å². The molecule has 0 saturated heterocycles. The number of rotatable bonds is 1. The zero-order valence-corrected chi connectivity index (χ0v) is 13.6. The van der Waals surface area contributed by atoms with Crippen LogP contribution in [0.5, 0.6) is 5.75 Å². The second-order valence-corrected chi connectivity index (χ2v) is 7.52. The molecule has 0 spiro atoms. The maximum absolute atomic E-state index is 6.04. The molecule has 0 bridgehead atoms. The van der Waals surface area contributed by atoms with Gasteiger partial charge in [-0.2, -0.15) is 0 Å². The predicted octanol–water partition coefficient (Wildman–Crippen LogP) is 5.42. The molecule has 2 aromatic rings. The second kappa shape index (κ2) is 4.50. The van der Waals surface area contributed by atoms with Crippen molar-refractivity contribution < 1.29 is 4.74 Å². The van der Waals surface area contributed by atoms with Crippen LogP contribution in [0.15, 0.2) is 40.9 Å². The summed E-state index contributed by atoms with van der Waals surface area (Å²) in [4.78, 5) is 2.63. The average molecular weight is 335 g/mol. The molecule has 1 aromatic heterocycles. The highest BCUT2D eigenvalue weighted by atomic mass is 79.9. The van der Waals surface area contributed by atoms with Gasteiger partial charge >= 0.3 is 0 Å². The van der Waals surface area contributed by atoms with Crippen LogP contribution in [0.2, 0.25) is 0 Å². The largest absolute Gasteiger partial charge is 0.483 e. The zero-order chi connectivity index (χ0) is 13.6. The van der Waals surface area contributed by atoms with Gasteiger partial charge in [-0.3, -0.25) is 0 Å². The summed E-state index contributed by atoms with van der Waals surface area (Å²) in [5.41, 5.74) is 2.16. The number of ether oxygens (including phenoxy) is 1. The molecule has 19 heavy (non-hydrogen) atoms. The van der Waals surface area contributed by atoms with Crippen LogP contribution in [-0.2, 0) is 0 Å². The minimum atomic E-state index is -0.270. The Bertz CT molecular complexity index is 667. The molecule has 0 N–H and O–H groups in total. The Morgan fingerprint density at radius 3 is 2.63 bits per heavy atom. The van der Waals surface area contributed by atoms with Crippen LogP contribution in [-0.4, -0.2) is 5.60 Å². The lowest BCUT2D eigenvalue weighted by Crippen LogP contribution is -2.29. The summed E-state index contributed by atoms with van der Waals surface area (Å²) in [5, 5.41) is 0. The highest BCUT2D eigenvalue weighted by molar-refractivity contribution is 9.10. The van der Waals surface area contributed by atoms with Gasteiger partial charge in [-0.15, -0.1) is 11.3 Å². The molecule has 0 amide bonds. The van der Waals surface area contributed by atoms with Crippen molar-refractivity contribution in [3.05, 3.63) is 56.2 Å². The first-order valence-electron chi connectivity index (χ1n) is 6.23. The summed E-state index contributed by atoms with van der Waals surface area (Å²) in [6.45, 7) is 6.33. The highest BCUT2D eigenvalue weighted by Gasteiger charge is 2.27. The lowest BCUT2D eigenvalue weighted by molar-refractivity contribution is 0.158. The standard InChI is InChI=1S/C16H15BrOS/c1-10-4-7-15(19-10)13-9-16(2,3)18-14-6-5-11(17)8-12(13)14/h4-9H,1-3H3. The zero-order valence-electron chi connectivity index (χ0n) is 11.2. The summed E-state index contributed by atoms with van der Waals surface area (Å²) in [5.74, 6) is 0.955. The molecule has 1 aromatic carbocycles. The van der Waals surface area contributed by atoms with Crippen molar-refractivity contribution in [1.29, 1.82) is 0 Å². The van der Waals surface area contributed by atoms with Crippen LogP contribution in [0, 0.1) is 6.92 Å². The third-order valence-corrected chi connectivity index (χ3v) is 4.63. The molecule has 3 heteroatoms. The van der Waals surface area contributed by atoms with Crippen LogP contribution in [0.3, 0.4) is 0 Å². The van der Waals surface area contributed by atoms with Gasteiger partial charge in [0.1, 0.15) is 11.4 Å². The van der Waals surface area contributed by atoms with E-state index in [9.17, 15) is 0 Å². The summed E-state index contributed by atoms with van der Waals surface area (Å²) in [6, 6.07) is 10.6. The average Bonchev–Trinajstić information content (AvgIpc) is 2.75. The quantitative estimate of drug-likeness (QED) is 0.676. The van der Waals surface area contributed by atoms with Gasteiger partial charge in [0.25, 0.3) is 0 Å². The molecule has 3 rings (SSSR count). The number of aryl methyl sites for hydroxylation is 1. The van der Waals surface area contributed by atoms with Gasteiger partial charge in [0.05, 0.1) is 0 Å². The van der Waals surface area contributed by atoms with Gasteiger partial charge in [-0.25, -0.2) is 0 Å². The molecule has 1 aliphatic heterocycles. The fraction of sp³-hybridized carbons (Fsp3) is 0.250. The van der Waals surface area contributed by atoms with Crippen LogP contribution in [0.4, 0.5) is 0 Å². The van der Waals surface area contributed by atoms with Gasteiger partial charge in [-0.05, 0) is 57.2 Å². The topological polar surface area (TPSA) is 9.23 Å². The van der Waals surface area contributed by atoms with Gasteiger partial charge in [0.2, 0.25) is 0 Å². The first kappa shape index (κ1) is 12.9. The summed E-state index contributed by atoms with van der Waals surface area (Å²) in [7, 11) is 0. The van der Waals surface area contributed by atoms with Crippen molar-refractivity contribution in [2.45, 2.75) is 26.4 Å². The Morgan fingerprint density at radius 2 is 1.95 bits per heavy atom. The maximum Gasteiger partial charge on any atom is 0.128 e. The van der Waals surface area contributed by atoms with Gasteiger partial charge < -0.3 is 4.74 Å². The molecule has 2 heterocycles. The molecule has 0 unspecified atom stereocenters. The van der Waals surface area contributed by atoms with Crippen molar-refractivity contribution in [1.82, 2.24) is 0 Å². The van der Waals surface area contributed by atoms with Crippen LogP contribution < -0.4 is 4.74 Å². The van der Waals surface area contributed by atoms with E-state index < -0.39 is 0 Å². The van der Waals surface area contributed by atoms with E-state index in [1.165, 1.54) is 15.3 Å². The Balaban J connectivity index is 2.21. The van der Waals surface area contributed by atoms with Gasteiger partial charge in [0, 0.05) is 25.4 Å². The van der Waals surface area contributed by atoms with Gasteiger partial charge in [-0.1, -0.05) is 15.9 Å². The lowest BCUT2D eigenvalue weighted by Gasteiger charge is -2.31. The Morgan fingerprint density at radius 1 is 1.16 bits per heavy atom. The molecule has 1 nitrogen and oxygen atoms in total. The van der Waals surface area contributed by atoms with Crippen molar-refractivity contribution in [3.63, 3.8) is 0 Å². The summed E-state index contributed by atoms with van der Waals surface area (Å²) < 4.78 is 7.12. The fourth-order valence-electron chi connectivity index (χ4n) is 2.32. The van der Waals surface area contributed by atoms with Crippen molar-refractivity contribution >= 4 is 32.8 Å². The molecular formula is C16H15BrOS. The molecule has 0 saturated carbocycles. The monoisotopic (exact) mass is 334 g/mol. The molecule has 0 fully saturated rings. The normalized spacial score (nSPS) is 16.5. The second-order valence-electron chi connectivity index (χ2n) is 5.31. The number of benzene rings is 1. The van der Waals surface area contributed by atoms with Crippen molar-refractivity contribution in [2.75, 3.05) is 0 Å². The van der Waals surface area contributed by atoms with E-state index in [1.54, 1.807) is 0 Å². The van der Waals surface area contributed by atoms with E-state index in [0.717, 1.165) is 15.8 Å². The number of hydrogen-bond acceptors (Lipinski definition) is 2. The Hall–Kier alpha value is -1.06. The molecule has 98 valence electrons. The highest BCUT2D eigenvalue weighted by Crippen LogP contribution is 2.42. The molecule has 0 aliphatic carbocycles. The van der Waals surface area contributed by atoms with Gasteiger partial charge in [0.15, 0.2) is 0 Å². The van der Waals surface area contributed by atoms with Crippen molar-refractivity contribution in [2.24, 2.45) is 0 Å². The number of fused-ring (bicyclic) bond motifs is 1. The first-order valence-corrected chi connectivity index (χ1v) is 7.84. The maximum atomic E-state index is 6.04. The molecular weight excluding hydrogens is 320 g/mol. The third kappa shape index (κ3) is 2.49. The number of halogens is 1. The summed E-state index contributed by atoms with van der Waals surface area (Å²) >= 11 is 5.37. The van der Waals surface area contributed by atoms with E-state index in [4.69, 9.17) is 4.74 Å². The van der Waals surface area contributed by atoms with E-state index in [0.29, 0.717) is 0 Å². The lowest BCUT2D eigenvalue weighted by atomic mass is 9.94. The third-order valence-electron chi connectivity index (χ3n) is 3.10. The fourth-order valence-corrected chi connectivity index (χ4v) is 3.58. The van der Waals surface area contributed by atoms with E-state index >= 15 is 0 Å².